The van der Waals surface area contributed by atoms with Crippen molar-refractivity contribution in [3.63, 3.8) is 0 Å². The van der Waals surface area contributed by atoms with Crippen molar-refractivity contribution in [3.8, 4) is 0 Å². The maximum Gasteiger partial charge on any atom is 0.123 e. The molecule has 3 aliphatic rings. The summed E-state index contributed by atoms with van der Waals surface area (Å²) in [5, 5.41) is 0. The van der Waals surface area contributed by atoms with Crippen LogP contribution in [0.5, 0.6) is 0 Å². The maximum absolute atomic E-state index is 11.1. The van der Waals surface area contributed by atoms with Crippen LogP contribution in [0.25, 0.3) is 0 Å². The lowest BCUT2D eigenvalue weighted by Gasteiger charge is -2.23. The van der Waals surface area contributed by atoms with Crippen LogP contribution in [-0.2, 0) is 4.79 Å². The van der Waals surface area contributed by atoms with Crippen molar-refractivity contribution in [2.45, 2.75) is 12.8 Å². The summed E-state index contributed by atoms with van der Waals surface area (Å²) in [5.74, 6) is 3.61. The predicted molar refractivity (Wildman–Crippen MR) is 55.6 cm³/mol. The van der Waals surface area contributed by atoms with Gasteiger partial charge in [0.25, 0.3) is 0 Å². The van der Waals surface area contributed by atoms with Gasteiger partial charge in [0.1, 0.15) is 6.29 Å². The molecule has 1 nitrogen and oxygen atoms in total. The van der Waals surface area contributed by atoms with E-state index in [1.165, 1.54) is 19.1 Å². The van der Waals surface area contributed by atoms with Gasteiger partial charge in [0.15, 0.2) is 0 Å². The number of carbonyl (C=O) groups is 1. The van der Waals surface area contributed by atoms with E-state index in [4.69, 9.17) is 0 Å². The average molecular weight is 188 g/mol. The van der Waals surface area contributed by atoms with Gasteiger partial charge in [-0.3, -0.25) is 0 Å². The normalized spacial score (nSPS) is 53.4. The third kappa shape index (κ3) is 0.879. The highest BCUT2D eigenvalue weighted by Gasteiger charge is 2.53. The van der Waals surface area contributed by atoms with E-state index in [-0.39, 0.29) is 5.92 Å². The molecule has 3 rings (SSSR count). The molecule has 2 fully saturated rings. The molecule has 14 heavy (non-hydrogen) atoms. The van der Waals surface area contributed by atoms with Crippen molar-refractivity contribution in [1.29, 1.82) is 0 Å². The van der Waals surface area contributed by atoms with Crippen molar-refractivity contribution < 1.29 is 4.79 Å². The Bertz CT molecular complexity index is 304. The average Bonchev–Trinajstić information content (AvgIpc) is 2.87. The molecule has 0 saturated heterocycles. The summed E-state index contributed by atoms with van der Waals surface area (Å²) in [6, 6.07) is 0. The van der Waals surface area contributed by atoms with Gasteiger partial charge >= 0.3 is 0 Å². The SMILES string of the molecule is C=C[C@H]1C[C@H]2[C@@H]([C@H]1C=O)[C@H]1C=C[C@@H]2C1. The van der Waals surface area contributed by atoms with Gasteiger partial charge in [-0.2, -0.15) is 0 Å². The number of hydrogen-bond acceptors (Lipinski definition) is 1. The zero-order valence-corrected chi connectivity index (χ0v) is 8.30. The fourth-order valence-corrected chi connectivity index (χ4v) is 4.07. The summed E-state index contributed by atoms with van der Waals surface area (Å²) in [5.41, 5.74) is 0. The van der Waals surface area contributed by atoms with Gasteiger partial charge in [-0.15, -0.1) is 6.58 Å². The monoisotopic (exact) mass is 188 g/mol. The molecule has 0 amide bonds. The third-order valence-electron chi connectivity index (χ3n) is 4.63. The van der Waals surface area contributed by atoms with Gasteiger partial charge in [-0.25, -0.2) is 0 Å². The zero-order chi connectivity index (χ0) is 9.71. The lowest BCUT2D eigenvalue weighted by molar-refractivity contribution is -0.113. The maximum atomic E-state index is 11.1. The van der Waals surface area contributed by atoms with E-state index in [0.717, 1.165) is 11.8 Å². The second kappa shape index (κ2) is 2.82. The van der Waals surface area contributed by atoms with Crippen LogP contribution in [0.15, 0.2) is 24.8 Å². The van der Waals surface area contributed by atoms with E-state index >= 15 is 0 Å². The zero-order valence-electron chi connectivity index (χ0n) is 8.30. The Labute approximate surface area is 84.9 Å². The minimum Gasteiger partial charge on any atom is -0.303 e. The molecule has 74 valence electrons. The minimum atomic E-state index is 0.262. The van der Waals surface area contributed by atoms with E-state index in [2.05, 4.69) is 18.7 Å². The van der Waals surface area contributed by atoms with Crippen LogP contribution in [0.1, 0.15) is 12.8 Å². The molecular weight excluding hydrogens is 172 g/mol. The summed E-state index contributed by atoms with van der Waals surface area (Å²) >= 11 is 0. The fraction of sp³-hybridized carbons (Fsp3) is 0.615. The standard InChI is InChI=1S/C13H16O/c1-2-8-6-11-9-3-4-10(5-9)13(11)12(8)7-14/h2-4,7-13H,1,5-6H2/t8-,9+,10-,11+,12-,13-/m0/s1. The first kappa shape index (κ1) is 8.46. The van der Waals surface area contributed by atoms with Crippen LogP contribution in [0.3, 0.4) is 0 Å². The molecule has 0 heterocycles. The molecule has 2 bridgehead atoms. The third-order valence-corrected chi connectivity index (χ3v) is 4.63. The van der Waals surface area contributed by atoms with Crippen LogP contribution in [-0.4, -0.2) is 6.29 Å². The molecule has 0 aromatic carbocycles. The highest BCUT2D eigenvalue weighted by Crippen LogP contribution is 2.59. The van der Waals surface area contributed by atoms with E-state index < -0.39 is 0 Å². The second-order valence-corrected chi connectivity index (χ2v) is 5.04. The molecule has 0 unspecified atom stereocenters. The lowest BCUT2D eigenvalue weighted by Crippen LogP contribution is -2.22. The summed E-state index contributed by atoms with van der Waals surface area (Å²) < 4.78 is 0. The summed E-state index contributed by atoms with van der Waals surface area (Å²) in [6.45, 7) is 3.86. The predicted octanol–water partition coefficient (Wildman–Crippen LogP) is 2.45. The first-order valence-electron chi connectivity index (χ1n) is 5.61. The molecule has 0 spiro atoms. The number of rotatable bonds is 2. The van der Waals surface area contributed by atoms with Gasteiger partial charge in [-0.1, -0.05) is 18.2 Å². The quantitative estimate of drug-likeness (QED) is 0.480. The van der Waals surface area contributed by atoms with Gasteiger partial charge in [0.2, 0.25) is 0 Å². The van der Waals surface area contributed by atoms with E-state index in [1.54, 1.807) is 0 Å². The number of hydrogen-bond donors (Lipinski definition) is 0. The molecule has 0 aromatic heterocycles. The van der Waals surface area contributed by atoms with Gasteiger partial charge < -0.3 is 4.79 Å². The molecular formula is C13H16O. The van der Waals surface area contributed by atoms with Crippen molar-refractivity contribution in [2.75, 3.05) is 0 Å². The van der Waals surface area contributed by atoms with Crippen LogP contribution in [0, 0.1) is 35.5 Å². The van der Waals surface area contributed by atoms with E-state index in [1.807, 2.05) is 6.08 Å². The molecule has 0 N–H and O–H groups in total. The highest BCUT2D eigenvalue weighted by molar-refractivity contribution is 5.57. The molecule has 2 saturated carbocycles. The highest BCUT2D eigenvalue weighted by atomic mass is 16.1. The molecule has 0 radical (unpaired) electrons. The van der Waals surface area contributed by atoms with E-state index in [0.29, 0.717) is 17.8 Å². The summed E-state index contributed by atoms with van der Waals surface area (Å²) in [7, 11) is 0. The molecule has 3 aliphatic carbocycles. The van der Waals surface area contributed by atoms with Gasteiger partial charge in [0.05, 0.1) is 0 Å². The first-order valence-corrected chi connectivity index (χ1v) is 5.61. The van der Waals surface area contributed by atoms with Crippen LogP contribution in [0.4, 0.5) is 0 Å². The Balaban J connectivity index is 1.94. The topological polar surface area (TPSA) is 17.1 Å². The van der Waals surface area contributed by atoms with Crippen molar-refractivity contribution in [1.82, 2.24) is 0 Å². The van der Waals surface area contributed by atoms with Gasteiger partial charge in [-0.05, 0) is 42.4 Å². The van der Waals surface area contributed by atoms with Crippen LogP contribution >= 0.6 is 0 Å². The fourth-order valence-electron chi connectivity index (χ4n) is 4.07. The van der Waals surface area contributed by atoms with Crippen LogP contribution in [0.2, 0.25) is 0 Å². The number of fused-ring (bicyclic) bond motifs is 5. The smallest absolute Gasteiger partial charge is 0.123 e. The molecule has 6 atom stereocenters. The lowest BCUT2D eigenvalue weighted by atomic mass is 9.81. The van der Waals surface area contributed by atoms with Crippen molar-refractivity contribution in [3.05, 3.63) is 24.8 Å². The van der Waals surface area contributed by atoms with Crippen molar-refractivity contribution >= 4 is 6.29 Å². The van der Waals surface area contributed by atoms with Crippen molar-refractivity contribution in [2.24, 2.45) is 35.5 Å². The largest absolute Gasteiger partial charge is 0.303 e. The summed E-state index contributed by atoms with van der Waals surface area (Å²) in [4.78, 5) is 11.1. The number of allylic oxidation sites excluding steroid dienone is 3. The molecule has 1 heteroatoms. The second-order valence-electron chi connectivity index (χ2n) is 5.04. The number of carbonyl (C=O) groups excluding carboxylic acids is 1. The molecule has 0 aliphatic heterocycles. The van der Waals surface area contributed by atoms with E-state index in [9.17, 15) is 4.79 Å². The Morgan fingerprint density at radius 1 is 1.21 bits per heavy atom. The Morgan fingerprint density at radius 2 is 2.00 bits per heavy atom. The Morgan fingerprint density at radius 3 is 2.71 bits per heavy atom. The Kier molecular flexibility index (Phi) is 1.70. The number of aldehydes is 1. The summed E-state index contributed by atoms with van der Waals surface area (Å²) in [6.07, 6.45) is 10.4. The minimum absolute atomic E-state index is 0.262. The first-order chi connectivity index (χ1) is 6.85. The van der Waals surface area contributed by atoms with Gasteiger partial charge in [0, 0.05) is 5.92 Å². The van der Waals surface area contributed by atoms with Crippen LogP contribution < -0.4 is 0 Å². The molecule has 0 aromatic rings. The Hall–Kier alpha value is -0.850.